The van der Waals surface area contributed by atoms with Gasteiger partial charge in [-0.05, 0) is 24.5 Å². The van der Waals surface area contributed by atoms with Crippen LogP contribution >= 0.6 is 0 Å². The van der Waals surface area contributed by atoms with Crippen LogP contribution in [0, 0.1) is 5.92 Å². The number of likely N-dealkylation sites (N-methyl/N-ethyl adjacent to an activating group) is 1. The van der Waals surface area contributed by atoms with Gasteiger partial charge in [-0.2, -0.15) is 8.42 Å². The van der Waals surface area contributed by atoms with Gasteiger partial charge in [0.1, 0.15) is 12.2 Å². The number of likely N-dealkylation sites (tertiary alicyclic amines) is 1. The largest absolute Gasteiger partial charge is 0.493 e. The summed E-state index contributed by atoms with van der Waals surface area (Å²) in [7, 11) is 1.66. The van der Waals surface area contributed by atoms with Gasteiger partial charge in [-0.3, -0.25) is 4.55 Å². The van der Waals surface area contributed by atoms with E-state index in [0.717, 1.165) is 36.0 Å². The molecule has 8 heteroatoms. The number of nitrogens with zero attached hydrogens (tertiary/aromatic N) is 1. The zero-order chi connectivity index (χ0) is 19.2. The first-order chi connectivity index (χ1) is 12.7. The lowest BCUT2D eigenvalue weighted by Crippen LogP contribution is -2.71. The summed E-state index contributed by atoms with van der Waals surface area (Å²) in [6, 6.07) is 4.53. The summed E-state index contributed by atoms with van der Waals surface area (Å²) in [4.78, 5) is 0. The number of benzene rings is 1. The van der Waals surface area contributed by atoms with Gasteiger partial charge in [0.25, 0.3) is 0 Å². The Morgan fingerprint density at radius 3 is 2.78 bits per heavy atom. The van der Waals surface area contributed by atoms with Crippen LogP contribution in [-0.4, -0.2) is 63.5 Å². The fraction of sp³-hybridized carbons (Fsp3) is 0.684. The van der Waals surface area contributed by atoms with Gasteiger partial charge in [0.15, 0.2) is 11.5 Å². The molecule has 1 saturated heterocycles. The molecule has 1 aromatic carbocycles. The predicted octanol–water partition coefficient (Wildman–Crippen LogP) is 1.70. The molecule has 0 unspecified atom stereocenters. The number of ether oxygens (including phenoxy) is 2. The standard InChI is InChI=1S/C19H25NO6S/c1-20(2)9-8-19-12-5-7-15(26-27(21,22)23)18(19)25-17-14(24-3)6-4-11(16(17)19)10-13(12)20/h4,6,12-13,15,18H,5,7-10H2,1-3H3/p+1/t12-,13+,15-,18-,19-/m0/s1. The molecule has 148 valence electrons. The van der Waals surface area contributed by atoms with Gasteiger partial charge in [-0.1, -0.05) is 6.07 Å². The number of hydrogen-bond donors (Lipinski definition) is 1. The van der Waals surface area contributed by atoms with E-state index in [1.165, 1.54) is 11.1 Å². The minimum Gasteiger partial charge on any atom is -0.493 e. The summed E-state index contributed by atoms with van der Waals surface area (Å²) in [6.45, 7) is 0.996. The molecule has 2 aliphatic carbocycles. The summed E-state index contributed by atoms with van der Waals surface area (Å²) in [6.07, 6.45) is 2.21. The van der Waals surface area contributed by atoms with E-state index in [-0.39, 0.29) is 5.41 Å². The molecule has 1 aromatic rings. The summed E-state index contributed by atoms with van der Waals surface area (Å²) in [5.41, 5.74) is 2.19. The van der Waals surface area contributed by atoms with E-state index in [4.69, 9.17) is 13.7 Å². The van der Waals surface area contributed by atoms with Gasteiger partial charge in [-0.25, -0.2) is 4.18 Å². The van der Waals surface area contributed by atoms with Crippen LogP contribution in [0.3, 0.4) is 0 Å². The van der Waals surface area contributed by atoms with Crippen molar-refractivity contribution in [2.24, 2.45) is 5.92 Å². The van der Waals surface area contributed by atoms with Crippen LogP contribution in [0.4, 0.5) is 0 Å². The minimum atomic E-state index is -4.54. The van der Waals surface area contributed by atoms with E-state index in [0.29, 0.717) is 24.1 Å². The molecule has 0 radical (unpaired) electrons. The van der Waals surface area contributed by atoms with Gasteiger partial charge >= 0.3 is 10.4 Å². The molecular weight excluding hydrogens is 370 g/mol. The zero-order valence-electron chi connectivity index (χ0n) is 15.8. The molecule has 1 saturated carbocycles. The number of piperidine rings is 1. The van der Waals surface area contributed by atoms with Crippen LogP contribution in [-0.2, 0) is 26.4 Å². The number of quaternary nitrogens is 1. The molecule has 1 spiro atoms. The van der Waals surface area contributed by atoms with Gasteiger partial charge < -0.3 is 14.0 Å². The van der Waals surface area contributed by atoms with E-state index in [2.05, 4.69) is 20.2 Å². The first-order valence-electron chi connectivity index (χ1n) is 9.53. The Labute approximate surface area is 159 Å². The molecule has 0 aromatic heterocycles. The van der Waals surface area contributed by atoms with E-state index in [1.54, 1.807) is 7.11 Å². The third kappa shape index (κ3) is 2.27. The number of methoxy groups -OCH3 is 1. The molecule has 0 amide bonds. The van der Waals surface area contributed by atoms with Crippen molar-refractivity contribution in [1.29, 1.82) is 0 Å². The molecular formula is C19H26NO6S+. The van der Waals surface area contributed by atoms with Crippen LogP contribution in [0.15, 0.2) is 12.1 Å². The maximum Gasteiger partial charge on any atom is 0.397 e. The second-order valence-electron chi connectivity index (χ2n) is 8.98. The smallest absolute Gasteiger partial charge is 0.397 e. The first kappa shape index (κ1) is 17.7. The van der Waals surface area contributed by atoms with Crippen molar-refractivity contribution in [3.05, 3.63) is 23.3 Å². The van der Waals surface area contributed by atoms with Crippen molar-refractivity contribution in [2.45, 2.75) is 49.3 Å². The van der Waals surface area contributed by atoms with Crippen molar-refractivity contribution >= 4 is 10.4 Å². The Bertz CT molecular complexity index is 913. The van der Waals surface area contributed by atoms with Crippen molar-refractivity contribution in [3.8, 4) is 11.5 Å². The molecule has 4 aliphatic rings. The maximum atomic E-state index is 11.5. The molecule has 27 heavy (non-hydrogen) atoms. The van der Waals surface area contributed by atoms with Crippen molar-refractivity contribution in [1.82, 2.24) is 0 Å². The van der Waals surface area contributed by atoms with Gasteiger partial charge in [0.05, 0.1) is 39.2 Å². The molecule has 1 N–H and O–H groups in total. The molecule has 2 heterocycles. The Hall–Kier alpha value is -1.35. The van der Waals surface area contributed by atoms with Crippen molar-refractivity contribution < 1.29 is 31.1 Å². The second kappa shape index (κ2) is 5.37. The SMILES string of the molecule is COc1ccc2c3c1O[C@H]1[C@@H](OS(=O)(=O)O)CC[C@H]4[C@@H](C2)[N+](C)(C)CC[C@@]341. The highest BCUT2D eigenvalue weighted by atomic mass is 32.3. The van der Waals surface area contributed by atoms with Crippen molar-refractivity contribution in [3.63, 3.8) is 0 Å². The fourth-order valence-corrected chi connectivity index (χ4v) is 6.99. The third-order valence-electron chi connectivity index (χ3n) is 7.55. The van der Waals surface area contributed by atoms with E-state index < -0.39 is 22.6 Å². The van der Waals surface area contributed by atoms with E-state index in [1.807, 2.05) is 6.07 Å². The quantitative estimate of drug-likeness (QED) is 0.619. The molecule has 2 bridgehead atoms. The van der Waals surface area contributed by atoms with Crippen molar-refractivity contribution in [2.75, 3.05) is 27.7 Å². The molecule has 2 aliphatic heterocycles. The van der Waals surface area contributed by atoms with Crippen LogP contribution in [0.1, 0.15) is 30.4 Å². The predicted molar refractivity (Wildman–Crippen MR) is 97.3 cm³/mol. The molecule has 7 nitrogen and oxygen atoms in total. The molecule has 5 rings (SSSR count). The fourth-order valence-electron chi connectivity index (χ4n) is 6.48. The second-order valence-corrected chi connectivity index (χ2v) is 10.0. The Kier molecular flexibility index (Phi) is 3.53. The highest BCUT2D eigenvalue weighted by molar-refractivity contribution is 7.80. The average Bonchev–Trinajstić information content (AvgIpc) is 2.94. The number of hydrogen-bond acceptors (Lipinski definition) is 5. The normalized spacial score (nSPS) is 38.1. The summed E-state index contributed by atoms with van der Waals surface area (Å²) >= 11 is 0. The van der Waals surface area contributed by atoms with Gasteiger partial charge in [-0.15, -0.1) is 0 Å². The van der Waals surface area contributed by atoms with Crippen LogP contribution in [0.25, 0.3) is 0 Å². The average molecular weight is 396 g/mol. The topological polar surface area (TPSA) is 82.1 Å². The lowest BCUT2D eigenvalue weighted by molar-refractivity contribution is -0.927. The van der Waals surface area contributed by atoms with Gasteiger partial charge in [0, 0.05) is 24.3 Å². The zero-order valence-corrected chi connectivity index (χ0v) is 16.7. The molecule has 2 fully saturated rings. The monoisotopic (exact) mass is 396 g/mol. The van der Waals surface area contributed by atoms with Crippen LogP contribution < -0.4 is 9.47 Å². The van der Waals surface area contributed by atoms with Crippen LogP contribution in [0.2, 0.25) is 0 Å². The minimum absolute atomic E-state index is 0.274. The lowest BCUT2D eigenvalue weighted by atomic mass is 9.51. The Morgan fingerprint density at radius 2 is 2.07 bits per heavy atom. The highest BCUT2D eigenvalue weighted by Crippen LogP contribution is 2.64. The van der Waals surface area contributed by atoms with Crippen LogP contribution in [0.5, 0.6) is 11.5 Å². The lowest BCUT2D eigenvalue weighted by Gasteiger charge is -2.60. The summed E-state index contributed by atoms with van der Waals surface area (Å²) in [5, 5.41) is 0. The Morgan fingerprint density at radius 1 is 1.30 bits per heavy atom. The summed E-state index contributed by atoms with van der Waals surface area (Å²) in [5.74, 6) is 1.81. The first-order valence-corrected chi connectivity index (χ1v) is 10.9. The number of rotatable bonds is 3. The maximum absolute atomic E-state index is 11.5. The summed E-state index contributed by atoms with van der Waals surface area (Å²) < 4.78 is 50.3. The Balaban J connectivity index is 1.71. The third-order valence-corrected chi connectivity index (χ3v) is 8.04. The van der Waals surface area contributed by atoms with E-state index >= 15 is 0 Å². The molecule has 5 atom stereocenters. The van der Waals surface area contributed by atoms with Gasteiger partial charge in [0.2, 0.25) is 0 Å². The van der Waals surface area contributed by atoms with E-state index in [9.17, 15) is 13.0 Å². The highest BCUT2D eigenvalue weighted by Gasteiger charge is 2.69.